The highest BCUT2D eigenvalue weighted by Gasteiger charge is 2.29. The molecule has 108 valence electrons. The summed E-state index contributed by atoms with van der Waals surface area (Å²) in [7, 11) is 0. The van der Waals surface area contributed by atoms with Crippen molar-refractivity contribution in [2.24, 2.45) is 11.8 Å². The van der Waals surface area contributed by atoms with Crippen molar-refractivity contribution in [3.63, 3.8) is 0 Å². The fraction of sp³-hybridized carbons (Fsp3) is 1.00. The number of hydrogen-bond acceptors (Lipinski definition) is 2. The van der Waals surface area contributed by atoms with E-state index in [1.54, 1.807) is 0 Å². The summed E-state index contributed by atoms with van der Waals surface area (Å²) in [6.45, 7) is 6.71. The second kappa shape index (κ2) is 8.55. The van der Waals surface area contributed by atoms with Gasteiger partial charge in [-0.3, -0.25) is 5.32 Å². The minimum Gasteiger partial charge on any atom is -0.378 e. The Labute approximate surface area is 121 Å². The van der Waals surface area contributed by atoms with E-state index in [1.165, 1.54) is 19.3 Å². The molecule has 0 heterocycles. The van der Waals surface area contributed by atoms with Crippen molar-refractivity contribution in [1.82, 2.24) is 5.32 Å². The Balaban J connectivity index is 2.46. The second-order valence-corrected chi connectivity index (χ2v) is 7.17. The first-order valence-corrected chi connectivity index (χ1v) is 8.58. The number of aliphatic hydroxyl groups excluding tert-OH is 1. The van der Waals surface area contributed by atoms with E-state index in [9.17, 15) is 5.11 Å². The molecular weight excluding hydrogens is 290 g/mol. The molecule has 0 aliphatic heterocycles. The normalized spacial score (nSPS) is 30.7. The fourth-order valence-corrected chi connectivity index (χ4v) is 3.71. The predicted octanol–water partition coefficient (Wildman–Crippen LogP) is 4.06. The molecular formula is C15H30BrNO. The molecule has 0 spiro atoms. The predicted molar refractivity (Wildman–Crippen MR) is 82.0 cm³/mol. The lowest BCUT2D eigenvalue weighted by atomic mass is 9.86. The first kappa shape index (κ1) is 16.5. The van der Waals surface area contributed by atoms with Gasteiger partial charge in [0.15, 0.2) is 0 Å². The molecule has 1 aliphatic rings. The summed E-state index contributed by atoms with van der Waals surface area (Å²) in [5, 5.41) is 13.9. The zero-order valence-corrected chi connectivity index (χ0v) is 13.7. The Hall–Kier alpha value is 0.400. The quantitative estimate of drug-likeness (QED) is 0.547. The van der Waals surface area contributed by atoms with Gasteiger partial charge in [-0.05, 0) is 43.9 Å². The molecule has 2 N–H and O–H groups in total. The molecule has 0 radical (unpaired) electrons. The third kappa shape index (κ3) is 5.18. The number of alkyl halides is 1. The summed E-state index contributed by atoms with van der Waals surface area (Å²) >= 11 is 3.76. The van der Waals surface area contributed by atoms with Gasteiger partial charge in [-0.1, -0.05) is 49.5 Å². The average molecular weight is 320 g/mol. The zero-order valence-electron chi connectivity index (χ0n) is 12.2. The molecule has 1 fully saturated rings. The molecule has 2 nitrogen and oxygen atoms in total. The lowest BCUT2D eigenvalue weighted by molar-refractivity contribution is 0.0465. The maximum Gasteiger partial charge on any atom is 0.107 e. The molecule has 1 rings (SSSR count). The lowest BCUT2D eigenvalue weighted by Crippen LogP contribution is -2.49. The van der Waals surface area contributed by atoms with E-state index in [0.29, 0.717) is 16.8 Å². The van der Waals surface area contributed by atoms with Gasteiger partial charge in [0.05, 0.1) is 0 Å². The molecule has 0 aromatic carbocycles. The maximum absolute atomic E-state index is 10.4. The molecule has 1 saturated carbocycles. The van der Waals surface area contributed by atoms with Gasteiger partial charge in [-0.2, -0.15) is 0 Å². The molecule has 1 aliphatic carbocycles. The number of rotatable bonds is 7. The average Bonchev–Trinajstić information content (AvgIpc) is 2.33. The van der Waals surface area contributed by atoms with Crippen LogP contribution in [-0.4, -0.2) is 22.2 Å². The van der Waals surface area contributed by atoms with Gasteiger partial charge >= 0.3 is 0 Å². The SMILES string of the molecule is CCCC(CCC)C(O)NC1CC(C)CCC1Br. The van der Waals surface area contributed by atoms with Crippen LogP contribution in [0, 0.1) is 11.8 Å². The van der Waals surface area contributed by atoms with Gasteiger partial charge in [0.25, 0.3) is 0 Å². The first-order chi connectivity index (χ1) is 8.58. The summed E-state index contributed by atoms with van der Waals surface area (Å²) < 4.78 is 0. The van der Waals surface area contributed by atoms with Crippen molar-refractivity contribution >= 4 is 15.9 Å². The topological polar surface area (TPSA) is 32.3 Å². The number of hydrogen-bond donors (Lipinski definition) is 2. The molecule has 3 heteroatoms. The van der Waals surface area contributed by atoms with Crippen molar-refractivity contribution in [2.75, 3.05) is 0 Å². The number of halogens is 1. The van der Waals surface area contributed by atoms with Crippen LogP contribution in [0.25, 0.3) is 0 Å². The summed E-state index contributed by atoms with van der Waals surface area (Å²) in [6.07, 6.45) is 7.92. The first-order valence-electron chi connectivity index (χ1n) is 7.66. The molecule has 4 unspecified atom stereocenters. The minimum atomic E-state index is -0.333. The third-order valence-corrected chi connectivity index (χ3v) is 5.27. The highest BCUT2D eigenvalue weighted by atomic mass is 79.9. The van der Waals surface area contributed by atoms with Gasteiger partial charge in [0.2, 0.25) is 0 Å². The van der Waals surface area contributed by atoms with Crippen LogP contribution in [0.5, 0.6) is 0 Å². The Bertz CT molecular complexity index is 219. The van der Waals surface area contributed by atoms with Crippen LogP contribution in [0.15, 0.2) is 0 Å². The van der Waals surface area contributed by atoms with Crippen molar-refractivity contribution < 1.29 is 5.11 Å². The van der Waals surface area contributed by atoms with E-state index in [1.807, 2.05) is 0 Å². The van der Waals surface area contributed by atoms with Gasteiger partial charge in [0.1, 0.15) is 6.23 Å². The zero-order chi connectivity index (χ0) is 13.5. The molecule has 0 aromatic heterocycles. The summed E-state index contributed by atoms with van der Waals surface area (Å²) in [6, 6.07) is 0.431. The van der Waals surface area contributed by atoms with Gasteiger partial charge in [-0.25, -0.2) is 0 Å². The van der Waals surface area contributed by atoms with Crippen molar-refractivity contribution in [2.45, 2.75) is 82.8 Å². The van der Waals surface area contributed by atoms with E-state index >= 15 is 0 Å². The standard InChI is InChI=1S/C15H30BrNO/c1-4-6-12(7-5-2)15(18)17-14-10-11(3)8-9-13(14)16/h11-15,17-18H,4-10H2,1-3H3. The van der Waals surface area contributed by atoms with Gasteiger partial charge < -0.3 is 5.11 Å². The third-order valence-electron chi connectivity index (χ3n) is 4.18. The Morgan fingerprint density at radius 2 is 1.83 bits per heavy atom. The van der Waals surface area contributed by atoms with Crippen molar-refractivity contribution in [3.8, 4) is 0 Å². The summed E-state index contributed by atoms with van der Waals surface area (Å²) in [5.74, 6) is 1.19. The highest BCUT2D eigenvalue weighted by molar-refractivity contribution is 9.09. The Kier molecular flexibility index (Phi) is 7.81. The molecule has 4 atom stereocenters. The van der Waals surface area contributed by atoms with E-state index in [-0.39, 0.29) is 6.23 Å². The number of nitrogens with one attached hydrogen (secondary N) is 1. The maximum atomic E-state index is 10.4. The van der Waals surface area contributed by atoms with E-state index in [2.05, 4.69) is 42.0 Å². The van der Waals surface area contributed by atoms with Gasteiger partial charge in [-0.15, -0.1) is 0 Å². The van der Waals surface area contributed by atoms with Crippen LogP contribution in [0.2, 0.25) is 0 Å². The number of aliphatic hydroxyl groups is 1. The highest BCUT2D eigenvalue weighted by Crippen LogP contribution is 2.30. The lowest BCUT2D eigenvalue weighted by Gasteiger charge is -2.35. The van der Waals surface area contributed by atoms with Crippen LogP contribution in [0.4, 0.5) is 0 Å². The van der Waals surface area contributed by atoms with Crippen molar-refractivity contribution in [3.05, 3.63) is 0 Å². The fourth-order valence-electron chi connectivity index (χ4n) is 3.07. The van der Waals surface area contributed by atoms with Gasteiger partial charge in [0, 0.05) is 10.9 Å². The van der Waals surface area contributed by atoms with Crippen LogP contribution >= 0.6 is 15.9 Å². The van der Waals surface area contributed by atoms with Crippen LogP contribution < -0.4 is 5.32 Å². The van der Waals surface area contributed by atoms with E-state index in [0.717, 1.165) is 31.6 Å². The molecule has 0 bridgehead atoms. The smallest absolute Gasteiger partial charge is 0.107 e. The summed E-state index contributed by atoms with van der Waals surface area (Å²) in [5.41, 5.74) is 0. The monoisotopic (exact) mass is 319 g/mol. The van der Waals surface area contributed by atoms with Crippen LogP contribution in [0.3, 0.4) is 0 Å². The molecule has 0 saturated heterocycles. The van der Waals surface area contributed by atoms with Crippen LogP contribution in [0.1, 0.15) is 65.7 Å². The van der Waals surface area contributed by atoms with Crippen molar-refractivity contribution in [1.29, 1.82) is 0 Å². The Morgan fingerprint density at radius 3 is 2.39 bits per heavy atom. The minimum absolute atomic E-state index is 0.333. The van der Waals surface area contributed by atoms with E-state index < -0.39 is 0 Å². The Morgan fingerprint density at radius 1 is 1.22 bits per heavy atom. The largest absolute Gasteiger partial charge is 0.378 e. The second-order valence-electron chi connectivity index (χ2n) is 5.99. The molecule has 0 amide bonds. The van der Waals surface area contributed by atoms with Crippen LogP contribution in [-0.2, 0) is 0 Å². The molecule has 18 heavy (non-hydrogen) atoms. The molecule has 0 aromatic rings. The summed E-state index contributed by atoms with van der Waals surface area (Å²) in [4.78, 5) is 0.521. The van der Waals surface area contributed by atoms with E-state index in [4.69, 9.17) is 0 Å².